The average Bonchev–Trinajstić information content (AvgIpc) is 2.80. The topological polar surface area (TPSA) is 63.2 Å². The summed E-state index contributed by atoms with van der Waals surface area (Å²) in [5, 5.41) is 4.61. The van der Waals surface area contributed by atoms with Gasteiger partial charge in [-0.05, 0) is 30.7 Å². The molecule has 1 amide bonds. The second-order valence-electron chi connectivity index (χ2n) is 5.14. The zero-order chi connectivity index (χ0) is 13.9. The molecule has 0 spiro atoms. The van der Waals surface area contributed by atoms with Crippen molar-refractivity contribution in [1.29, 1.82) is 0 Å². The molecule has 2 atom stereocenters. The molecule has 1 aromatic rings. The molecule has 106 valence electrons. The van der Waals surface area contributed by atoms with Crippen LogP contribution < -0.4 is 5.32 Å². The Bertz CT molecular complexity index is 522. The summed E-state index contributed by atoms with van der Waals surface area (Å²) in [6.45, 7) is 0. The van der Waals surface area contributed by atoms with Gasteiger partial charge in [-0.2, -0.15) is 0 Å². The zero-order valence-electron chi connectivity index (χ0n) is 11.0. The fraction of sp³-hybridized carbons (Fsp3) is 0.615. The Morgan fingerprint density at radius 2 is 2.26 bits per heavy atom. The Kier molecular flexibility index (Phi) is 4.62. The summed E-state index contributed by atoms with van der Waals surface area (Å²) in [7, 11) is -2.99. The molecule has 1 aliphatic rings. The van der Waals surface area contributed by atoms with Gasteiger partial charge in [0.25, 0.3) is 0 Å². The van der Waals surface area contributed by atoms with Gasteiger partial charge < -0.3 is 5.32 Å². The van der Waals surface area contributed by atoms with Crippen LogP contribution in [0.15, 0.2) is 17.5 Å². The molecule has 6 heteroatoms. The number of hydrogen-bond donors (Lipinski definition) is 1. The molecule has 1 N–H and O–H groups in total. The molecule has 0 bridgehead atoms. The number of carbonyl (C=O) groups is 1. The molecule has 0 aliphatic heterocycles. The van der Waals surface area contributed by atoms with Crippen molar-refractivity contribution in [2.45, 2.75) is 43.4 Å². The third kappa shape index (κ3) is 4.31. The van der Waals surface area contributed by atoms with Crippen molar-refractivity contribution in [2.75, 3.05) is 6.26 Å². The Labute approximate surface area is 118 Å². The summed E-state index contributed by atoms with van der Waals surface area (Å²) in [5.41, 5.74) is 0. The van der Waals surface area contributed by atoms with Crippen molar-refractivity contribution in [2.24, 2.45) is 0 Å². The van der Waals surface area contributed by atoms with Crippen LogP contribution in [0.3, 0.4) is 0 Å². The number of amides is 1. The van der Waals surface area contributed by atoms with Crippen LogP contribution in [0.5, 0.6) is 0 Å². The lowest BCUT2D eigenvalue weighted by atomic mass is 9.95. The number of thiophene rings is 1. The molecular formula is C13H19NO3S2. The third-order valence-electron chi connectivity index (χ3n) is 3.51. The van der Waals surface area contributed by atoms with E-state index < -0.39 is 9.84 Å². The number of sulfone groups is 1. The third-order valence-corrected chi connectivity index (χ3v) is 6.03. The zero-order valence-corrected chi connectivity index (χ0v) is 12.6. The highest BCUT2D eigenvalue weighted by Gasteiger charge is 2.29. The first-order chi connectivity index (χ1) is 8.95. The molecule has 19 heavy (non-hydrogen) atoms. The Morgan fingerprint density at radius 1 is 1.47 bits per heavy atom. The van der Waals surface area contributed by atoms with Crippen LogP contribution in [0, 0.1) is 0 Å². The predicted molar refractivity (Wildman–Crippen MR) is 77.1 cm³/mol. The van der Waals surface area contributed by atoms with Crippen LogP contribution in [-0.2, 0) is 21.1 Å². The maximum absolute atomic E-state index is 11.9. The van der Waals surface area contributed by atoms with Crippen LogP contribution in [-0.4, -0.2) is 31.9 Å². The normalized spacial score (nSPS) is 24.1. The maximum Gasteiger partial charge on any atom is 0.225 e. The van der Waals surface area contributed by atoms with Crippen LogP contribution in [0.1, 0.15) is 30.6 Å². The Balaban J connectivity index is 1.87. The first kappa shape index (κ1) is 14.5. The fourth-order valence-corrected chi connectivity index (χ4v) is 4.40. The molecule has 2 rings (SSSR count). The molecular weight excluding hydrogens is 282 g/mol. The van der Waals surface area contributed by atoms with Gasteiger partial charge in [-0.3, -0.25) is 4.79 Å². The van der Waals surface area contributed by atoms with E-state index in [0.29, 0.717) is 12.8 Å². The van der Waals surface area contributed by atoms with Gasteiger partial charge in [-0.1, -0.05) is 12.5 Å². The van der Waals surface area contributed by atoms with Crippen molar-refractivity contribution >= 4 is 27.1 Å². The van der Waals surface area contributed by atoms with Crippen LogP contribution >= 0.6 is 11.3 Å². The quantitative estimate of drug-likeness (QED) is 0.922. The summed E-state index contributed by atoms with van der Waals surface area (Å²) in [6.07, 6.45) is 4.68. The van der Waals surface area contributed by atoms with Crippen molar-refractivity contribution < 1.29 is 13.2 Å². The first-order valence-corrected chi connectivity index (χ1v) is 9.29. The van der Waals surface area contributed by atoms with Gasteiger partial charge in [-0.25, -0.2) is 8.42 Å². The van der Waals surface area contributed by atoms with E-state index in [2.05, 4.69) is 5.32 Å². The van der Waals surface area contributed by atoms with Crippen molar-refractivity contribution in [3.63, 3.8) is 0 Å². The van der Waals surface area contributed by atoms with Gasteiger partial charge >= 0.3 is 0 Å². The molecule has 1 fully saturated rings. The summed E-state index contributed by atoms with van der Waals surface area (Å²) in [4.78, 5) is 12.9. The van der Waals surface area contributed by atoms with Crippen LogP contribution in [0.25, 0.3) is 0 Å². The van der Waals surface area contributed by atoms with Crippen LogP contribution in [0.4, 0.5) is 0 Å². The van der Waals surface area contributed by atoms with E-state index in [9.17, 15) is 13.2 Å². The molecule has 1 heterocycles. The van der Waals surface area contributed by atoms with Gasteiger partial charge in [-0.15, -0.1) is 11.3 Å². The van der Waals surface area contributed by atoms with Crippen molar-refractivity contribution in [3.05, 3.63) is 22.4 Å². The monoisotopic (exact) mass is 301 g/mol. The largest absolute Gasteiger partial charge is 0.353 e. The molecule has 1 aliphatic carbocycles. The van der Waals surface area contributed by atoms with E-state index in [1.807, 2.05) is 17.5 Å². The summed E-state index contributed by atoms with van der Waals surface area (Å²) >= 11 is 1.56. The first-order valence-electron chi connectivity index (χ1n) is 6.46. The Hall–Kier alpha value is -0.880. The summed E-state index contributed by atoms with van der Waals surface area (Å²) < 4.78 is 23.1. The van der Waals surface area contributed by atoms with Gasteiger partial charge in [0, 0.05) is 17.2 Å². The SMILES string of the molecule is CS(=O)(=O)[C@H]1CCC[C@H](NC(=O)Cc2cccs2)C1. The van der Waals surface area contributed by atoms with Gasteiger partial charge in [0.15, 0.2) is 0 Å². The molecule has 0 saturated heterocycles. The lowest BCUT2D eigenvalue weighted by Crippen LogP contribution is -2.42. The average molecular weight is 301 g/mol. The van der Waals surface area contributed by atoms with Gasteiger partial charge in [0.1, 0.15) is 9.84 Å². The van der Waals surface area contributed by atoms with Gasteiger partial charge in [0.2, 0.25) is 5.91 Å². The van der Waals surface area contributed by atoms with Crippen LogP contribution in [0.2, 0.25) is 0 Å². The lowest BCUT2D eigenvalue weighted by Gasteiger charge is -2.28. The molecule has 0 radical (unpaired) electrons. The molecule has 1 aromatic heterocycles. The molecule has 0 aromatic carbocycles. The second-order valence-corrected chi connectivity index (χ2v) is 8.50. The van der Waals surface area contributed by atoms with E-state index in [1.165, 1.54) is 6.26 Å². The summed E-state index contributed by atoms with van der Waals surface area (Å²) in [5.74, 6) is -0.0124. The highest BCUT2D eigenvalue weighted by Crippen LogP contribution is 2.24. The molecule has 1 saturated carbocycles. The number of carbonyl (C=O) groups excluding carboxylic acids is 1. The van der Waals surface area contributed by atoms with Crippen molar-refractivity contribution in [1.82, 2.24) is 5.32 Å². The minimum absolute atomic E-state index is 0.000868. The van der Waals surface area contributed by atoms with E-state index in [4.69, 9.17) is 0 Å². The minimum atomic E-state index is -2.99. The molecule has 4 nitrogen and oxygen atoms in total. The second kappa shape index (κ2) is 6.05. The van der Waals surface area contributed by atoms with E-state index in [-0.39, 0.29) is 17.2 Å². The summed E-state index contributed by atoms with van der Waals surface area (Å²) in [6, 6.07) is 3.86. The number of rotatable bonds is 4. The predicted octanol–water partition coefficient (Wildman–Crippen LogP) is 1.76. The van der Waals surface area contributed by atoms with E-state index in [1.54, 1.807) is 11.3 Å². The van der Waals surface area contributed by atoms with Crippen molar-refractivity contribution in [3.8, 4) is 0 Å². The number of hydrogen-bond acceptors (Lipinski definition) is 4. The fourth-order valence-electron chi connectivity index (χ4n) is 2.52. The van der Waals surface area contributed by atoms with E-state index >= 15 is 0 Å². The highest BCUT2D eigenvalue weighted by atomic mass is 32.2. The minimum Gasteiger partial charge on any atom is -0.353 e. The number of nitrogens with one attached hydrogen (secondary N) is 1. The standard InChI is InChI=1S/C13H19NO3S2/c1-19(16,17)12-6-2-4-10(8-12)14-13(15)9-11-5-3-7-18-11/h3,5,7,10,12H,2,4,6,8-9H2,1H3,(H,14,15)/t10-,12-/m0/s1. The molecule has 0 unspecified atom stereocenters. The van der Waals surface area contributed by atoms with E-state index in [0.717, 1.165) is 24.1 Å². The maximum atomic E-state index is 11.9. The Morgan fingerprint density at radius 3 is 2.89 bits per heavy atom. The van der Waals surface area contributed by atoms with Gasteiger partial charge in [0.05, 0.1) is 11.7 Å². The lowest BCUT2D eigenvalue weighted by molar-refractivity contribution is -0.121. The highest BCUT2D eigenvalue weighted by molar-refractivity contribution is 7.91. The smallest absolute Gasteiger partial charge is 0.225 e.